The molecule has 8 nitrogen and oxygen atoms in total. The fourth-order valence-electron chi connectivity index (χ4n) is 3.34. The number of nitrogens with zero attached hydrogens (tertiary/aromatic N) is 6. The van der Waals surface area contributed by atoms with Gasteiger partial charge in [-0.2, -0.15) is 5.10 Å². The van der Waals surface area contributed by atoms with E-state index in [1.54, 1.807) is 4.68 Å². The molecular weight excluding hydrogens is 384 g/mol. The molecule has 1 aliphatic rings. The van der Waals surface area contributed by atoms with Crippen LogP contribution in [-0.2, 0) is 25.3 Å². The molecule has 0 unspecified atom stereocenters. The summed E-state index contributed by atoms with van der Waals surface area (Å²) in [7, 11) is 0. The molecule has 0 atom stereocenters. The first-order chi connectivity index (χ1) is 13.2. The van der Waals surface area contributed by atoms with Crippen LogP contribution in [0.5, 0.6) is 0 Å². The Balaban J connectivity index is 1.58. The van der Waals surface area contributed by atoms with Crippen LogP contribution in [-0.4, -0.2) is 29.5 Å². The standard InChI is InChI=1S/C17H20N6O2S2/c1-2-7-22-16(14-10-26-15-6-4-3-5-13(14)15)19-20-17(22)27-11-21-9-12(8-18-21)23(24)25/h8-10H,2-7,11H2,1H3. The molecule has 0 amide bonds. The van der Waals surface area contributed by atoms with Crippen molar-refractivity contribution >= 4 is 28.8 Å². The molecule has 0 radical (unpaired) electrons. The molecule has 0 aliphatic heterocycles. The van der Waals surface area contributed by atoms with Crippen LogP contribution in [0.4, 0.5) is 5.69 Å². The lowest BCUT2D eigenvalue weighted by Crippen LogP contribution is -2.05. The average molecular weight is 405 g/mol. The summed E-state index contributed by atoms with van der Waals surface area (Å²) in [6.45, 7) is 2.98. The second kappa shape index (κ2) is 7.81. The highest BCUT2D eigenvalue weighted by molar-refractivity contribution is 7.98. The summed E-state index contributed by atoms with van der Waals surface area (Å²) >= 11 is 3.32. The maximum Gasteiger partial charge on any atom is 0.307 e. The van der Waals surface area contributed by atoms with Crippen molar-refractivity contribution in [1.29, 1.82) is 0 Å². The van der Waals surface area contributed by atoms with Gasteiger partial charge in [0.2, 0.25) is 0 Å². The van der Waals surface area contributed by atoms with Gasteiger partial charge < -0.3 is 4.57 Å². The van der Waals surface area contributed by atoms with Crippen LogP contribution < -0.4 is 0 Å². The molecule has 0 spiro atoms. The minimum Gasteiger partial charge on any atom is -0.302 e. The molecule has 0 saturated heterocycles. The lowest BCUT2D eigenvalue weighted by molar-refractivity contribution is -0.385. The third-order valence-corrected chi connectivity index (χ3v) is 6.67. The van der Waals surface area contributed by atoms with Crippen LogP contribution in [0.3, 0.4) is 0 Å². The normalized spacial score (nSPS) is 13.7. The fourth-order valence-corrected chi connectivity index (χ4v) is 5.29. The molecule has 0 aromatic carbocycles. The molecule has 1 aliphatic carbocycles. The third kappa shape index (κ3) is 3.63. The van der Waals surface area contributed by atoms with Crippen molar-refractivity contribution in [3.63, 3.8) is 0 Å². The Kier molecular flexibility index (Phi) is 5.26. The zero-order chi connectivity index (χ0) is 18.8. The highest BCUT2D eigenvalue weighted by Gasteiger charge is 2.22. The topological polar surface area (TPSA) is 91.7 Å². The van der Waals surface area contributed by atoms with Gasteiger partial charge in [0.05, 0.1) is 10.8 Å². The summed E-state index contributed by atoms with van der Waals surface area (Å²) in [6.07, 6.45) is 8.47. The van der Waals surface area contributed by atoms with E-state index in [9.17, 15) is 10.1 Å². The number of hydrogen-bond acceptors (Lipinski definition) is 7. The molecular formula is C17H20N6O2S2. The van der Waals surface area contributed by atoms with Crippen molar-refractivity contribution in [2.24, 2.45) is 0 Å². The molecule has 4 rings (SSSR count). The Morgan fingerprint density at radius 3 is 2.96 bits per heavy atom. The molecule has 0 N–H and O–H groups in total. The van der Waals surface area contributed by atoms with Gasteiger partial charge >= 0.3 is 5.69 Å². The number of hydrogen-bond donors (Lipinski definition) is 0. The molecule has 0 saturated carbocycles. The van der Waals surface area contributed by atoms with E-state index in [0.717, 1.165) is 30.4 Å². The largest absolute Gasteiger partial charge is 0.307 e. The highest BCUT2D eigenvalue weighted by Crippen LogP contribution is 2.37. The minimum atomic E-state index is -0.439. The Bertz CT molecular complexity index is 961. The Morgan fingerprint density at radius 2 is 2.19 bits per heavy atom. The van der Waals surface area contributed by atoms with Crippen LogP contribution >= 0.6 is 23.1 Å². The van der Waals surface area contributed by atoms with Gasteiger partial charge in [0.15, 0.2) is 11.0 Å². The summed E-state index contributed by atoms with van der Waals surface area (Å²) in [4.78, 5) is 11.8. The summed E-state index contributed by atoms with van der Waals surface area (Å²) < 4.78 is 3.72. The van der Waals surface area contributed by atoms with Crippen molar-refractivity contribution in [3.8, 4) is 11.4 Å². The van der Waals surface area contributed by atoms with Crippen molar-refractivity contribution in [2.75, 3.05) is 0 Å². The molecule has 0 bridgehead atoms. The van der Waals surface area contributed by atoms with Crippen molar-refractivity contribution in [1.82, 2.24) is 24.5 Å². The monoisotopic (exact) mass is 404 g/mol. The second-order valence-corrected chi connectivity index (χ2v) is 8.36. The Labute approximate surface area is 164 Å². The van der Waals surface area contributed by atoms with Crippen LogP contribution in [0.2, 0.25) is 0 Å². The molecule has 142 valence electrons. The maximum absolute atomic E-state index is 10.8. The van der Waals surface area contributed by atoms with Crippen molar-refractivity contribution in [2.45, 2.75) is 56.6 Å². The van der Waals surface area contributed by atoms with E-state index in [1.807, 2.05) is 11.3 Å². The zero-order valence-electron chi connectivity index (χ0n) is 15.0. The van der Waals surface area contributed by atoms with Crippen molar-refractivity contribution < 1.29 is 4.92 Å². The molecule has 3 heterocycles. The number of aryl methyl sites for hydroxylation is 1. The predicted molar refractivity (Wildman–Crippen MR) is 105 cm³/mol. The summed E-state index contributed by atoms with van der Waals surface area (Å²) in [6, 6.07) is 0. The number of rotatable bonds is 7. The second-order valence-electron chi connectivity index (χ2n) is 6.48. The van der Waals surface area contributed by atoms with E-state index in [2.05, 4.69) is 32.2 Å². The molecule has 10 heteroatoms. The zero-order valence-corrected chi connectivity index (χ0v) is 16.6. The highest BCUT2D eigenvalue weighted by atomic mass is 32.2. The number of thiophene rings is 1. The van der Waals surface area contributed by atoms with E-state index in [-0.39, 0.29) is 5.69 Å². The number of aromatic nitrogens is 5. The van der Waals surface area contributed by atoms with Crippen LogP contribution in [0.25, 0.3) is 11.4 Å². The summed E-state index contributed by atoms with van der Waals surface area (Å²) in [5.74, 6) is 1.39. The van der Waals surface area contributed by atoms with Gasteiger partial charge in [-0.1, -0.05) is 18.7 Å². The lowest BCUT2D eigenvalue weighted by atomic mass is 9.95. The van der Waals surface area contributed by atoms with Gasteiger partial charge in [-0.05, 0) is 37.7 Å². The van der Waals surface area contributed by atoms with Gasteiger partial charge in [0.1, 0.15) is 12.4 Å². The molecule has 0 fully saturated rings. The third-order valence-electron chi connectivity index (χ3n) is 4.62. The number of fused-ring (bicyclic) bond motifs is 1. The molecule has 3 aromatic heterocycles. The van der Waals surface area contributed by atoms with Gasteiger partial charge in [-0.25, -0.2) is 0 Å². The van der Waals surface area contributed by atoms with E-state index in [4.69, 9.17) is 0 Å². The quantitative estimate of drug-likeness (QED) is 0.334. The van der Waals surface area contributed by atoms with Crippen LogP contribution in [0, 0.1) is 10.1 Å². The summed E-state index contributed by atoms with van der Waals surface area (Å²) in [5, 5.41) is 26.8. The number of thioether (sulfide) groups is 1. The first kappa shape index (κ1) is 18.2. The Morgan fingerprint density at radius 1 is 1.33 bits per heavy atom. The van der Waals surface area contributed by atoms with E-state index in [1.165, 1.54) is 59.4 Å². The lowest BCUT2D eigenvalue weighted by Gasteiger charge is -2.13. The van der Waals surface area contributed by atoms with Gasteiger partial charge in [-0.3, -0.25) is 14.8 Å². The van der Waals surface area contributed by atoms with E-state index in [0.29, 0.717) is 5.88 Å². The van der Waals surface area contributed by atoms with Gasteiger partial charge in [0.25, 0.3) is 0 Å². The predicted octanol–water partition coefficient (Wildman–Crippen LogP) is 4.15. The SMILES string of the molecule is CCCn1c(SCn2cc([N+](=O)[O-])cn2)nnc1-c1csc2c1CCCC2. The van der Waals surface area contributed by atoms with Gasteiger partial charge in [0, 0.05) is 22.4 Å². The smallest absolute Gasteiger partial charge is 0.302 e. The van der Waals surface area contributed by atoms with E-state index < -0.39 is 4.92 Å². The summed E-state index contributed by atoms with van der Waals surface area (Å²) in [5.41, 5.74) is 2.66. The van der Waals surface area contributed by atoms with E-state index >= 15 is 0 Å². The Hall–Kier alpha value is -2.20. The average Bonchev–Trinajstić information content (AvgIpc) is 3.38. The first-order valence-electron chi connectivity index (χ1n) is 8.99. The van der Waals surface area contributed by atoms with Gasteiger partial charge in [-0.15, -0.1) is 21.5 Å². The van der Waals surface area contributed by atoms with Crippen molar-refractivity contribution in [3.05, 3.63) is 38.3 Å². The minimum absolute atomic E-state index is 0.00350. The van der Waals surface area contributed by atoms with Crippen LogP contribution in [0.15, 0.2) is 22.9 Å². The maximum atomic E-state index is 10.8. The first-order valence-corrected chi connectivity index (χ1v) is 10.9. The van der Waals surface area contributed by atoms with Crippen LogP contribution in [0.1, 0.15) is 36.6 Å². The molecule has 3 aromatic rings. The number of nitro groups is 1. The molecule has 27 heavy (non-hydrogen) atoms. The fraction of sp³-hybridized carbons (Fsp3) is 0.471.